The lowest BCUT2D eigenvalue weighted by Crippen LogP contribution is -2.27. The van der Waals surface area contributed by atoms with Crippen LogP contribution in [0, 0.1) is 11.6 Å². The molecule has 4 rings (SSSR count). The molecule has 2 heterocycles. The van der Waals surface area contributed by atoms with Crippen LogP contribution < -0.4 is 5.32 Å². The van der Waals surface area contributed by atoms with Crippen LogP contribution in [0.3, 0.4) is 0 Å². The van der Waals surface area contributed by atoms with Crippen molar-refractivity contribution in [1.82, 2.24) is 15.0 Å². The molecule has 0 bridgehead atoms. The van der Waals surface area contributed by atoms with Crippen LogP contribution in [0.15, 0.2) is 60.9 Å². The number of halogens is 2. The van der Waals surface area contributed by atoms with Crippen molar-refractivity contribution in [3.8, 4) is 22.5 Å². The molecule has 4 nitrogen and oxygen atoms in total. The summed E-state index contributed by atoms with van der Waals surface area (Å²) in [6, 6.07) is 12.5. The lowest BCUT2D eigenvalue weighted by Gasteiger charge is -2.23. The molecule has 0 radical (unpaired) electrons. The summed E-state index contributed by atoms with van der Waals surface area (Å²) in [5.74, 6) is 0.198. The van der Waals surface area contributed by atoms with Crippen LogP contribution in [0.4, 0.5) is 14.6 Å². The van der Waals surface area contributed by atoms with Gasteiger partial charge in [0.1, 0.15) is 17.5 Å². The van der Waals surface area contributed by atoms with Crippen molar-refractivity contribution in [3.05, 3.63) is 72.6 Å². The van der Waals surface area contributed by atoms with Crippen molar-refractivity contribution < 1.29 is 8.78 Å². The molecule has 0 saturated heterocycles. The van der Waals surface area contributed by atoms with Crippen LogP contribution in [0.25, 0.3) is 33.4 Å². The zero-order chi connectivity index (χ0) is 20.6. The fourth-order valence-electron chi connectivity index (χ4n) is 3.09. The number of rotatable bonds is 3. The van der Waals surface area contributed by atoms with Crippen LogP contribution >= 0.6 is 0 Å². The van der Waals surface area contributed by atoms with Gasteiger partial charge < -0.3 is 5.32 Å². The minimum absolute atomic E-state index is 0.199. The van der Waals surface area contributed by atoms with E-state index in [2.05, 4.69) is 15.3 Å². The van der Waals surface area contributed by atoms with Gasteiger partial charge in [0.05, 0.1) is 5.52 Å². The number of nitrogens with one attached hydrogen (secondary N) is 1. The summed E-state index contributed by atoms with van der Waals surface area (Å²) < 4.78 is 28.0. The predicted molar refractivity (Wildman–Crippen MR) is 111 cm³/mol. The maximum atomic E-state index is 14.3. The fourth-order valence-corrected chi connectivity index (χ4v) is 3.09. The number of anilines is 1. The number of aromatic nitrogens is 3. The largest absolute Gasteiger partial charge is 0.365 e. The monoisotopic (exact) mass is 390 g/mol. The molecular formula is C23H20F2N4. The number of fused-ring (bicyclic) bond motifs is 1. The van der Waals surface area contributed by atoms with E-state index in [-0.39, 0.29) is 11.1 Å². The second-order valence-electron chi connectivity index (χ2n) is 7.87. The Balaban J connectivity index is 1.93. The maximum absolute atomic E-state index is 14.3. The Bertz CT molecular complexity index is 1180. The standard InChI is InChI=1S/C23H20F2N4/c1-23(2,3)29-22-18-11-14(17-12-16(24)7-8-19(17)25)6-9-20(18)27-21(28-22)15-5-4-10-26-13-15/h4-13H,1-3H3,(H,27,28,29). The molecule has 0 saturated carbocycles. The van der Waals surface area contributed by atoms with E-state index in [1.807, 2.05) is 32.9 Å². The average molecular weight is 390 g/mol. The smallest absolute Gasteiger partial charge is 0.163 e. The highest BCUT2D eigenvalue weighted by molar-refractivity contribution is 5.94. The van der Waals surface area contributed by atoms with Gasteiger partial charge in [-0.05, 0) is 68.8 Å². The molecule has 0 amide bonds. The topological polar surface area (TPSA) is 50.7 Å². The highest BCUT2D eigenvalue weighted by Gasteiger charge is 2.17. The van der Waals surface area contributed by atoms with E-state index in [1.165, 1.54) is 6.07 Å². The van der Waals surface area contributed by atoms with Crippen molar-refractivity contribution in [2.24, 2.45) is 0 Å². The Kier molecular flexibility index (Phi) is 4.70. The van der Waals surface area contributed by atoms with Crippen molar-refractivity contribution >= 4 is 16.7 Å². The van der Waals surface area contributed by atoms with Crippen molar-refractivity contribution in [2.75, 3.05) is 5.32 Å². The van der Waals surface area contributed by atoms with E-state index in [0.29, 0.717) is 22.7 Å². The van der Waals surface area contributed by atoms with Gasteiger partial charge in [0.2, 0.25) is 0 Å². The van der Waals surface area contributed by atoms with E-state index >= 15 is 0 Å². The van der Waals surface area contributed by atoms with Crippen LogP contribution in [0.2, 0.25) is 0 Å². The SMILES string of the molecule is CC(C)(C)Nc1nc(-c2cccnc2)nc2ccc(-c3cc(F)ccc3F)cc12. The Hall–Kier alpha value is -3.41. The van der Waals surface area contributed by atoms with E-state index in [9.17, 15) is 8.78 Å². The third-order valence-electron chi connectivity index (χ3n) is 4.35. The van der Waals surface area contributed by atoms with Crippen LogP contribution in [0.5, 0.6) is 0 Å². The molecule has 4 aromatic rings. The number of pyridine rings is 1. The number of hydrogen-bond donors (Lipinski definition) is 1. The Morgan fingerprint density at radius 2 is 1.72 bits per heavy atom. The van der Waals surface area contributed by atoms with Crippen LogP contribution in [-0.2, 0) is 0 Å². The molecule has 146 valence electrons. The van der Waals surface area contributed by atoms with Gasteiger partial charge in [-0.1, -0.05) is 6.07 Å². The third-order valence-corrected chi connectivity index (χ3v) is 4.35. The molecule has 0 unspecified atom stereocenters. The summed E-state index contributed by atoms with van der Waals surface area (Å²) in [6.07, 6.45) is 3.40. The molecule has 29 heavy (non-hydrogen) atoms. The first-order valence-corrected chi connectivity index (χ1v) is 9.26. The summed E-state index contributed by atoms with van der Waals surface area (Å²) in [5.41, 5.74) is 2.00. The van der Waals surface area contributed by atoms with E-state index in [4.69, 9.17) is 4.98 Å². The van der Waals surface area contributed by atoms with Gasteiger partial charge in [-0.3, -0.25) is 4.98 Å². The first-order valence-electron chi connectivity index (χ1n) is 9.26. The molecular weight excluding hydrogens is 370 g/mol. The highest BCUT2D eigenvalue weighted by atomic mass is 19.1. The van der Waals surface area contributed by atoms with Gasteiger partial charge in [0, 0.05) is 34.4 Å². The zero-order valence-corrected chi connectivity index (χ0v) is 16.4. The fraction of sp³-hybridized carbons (Fsp3) is 0.174. The number of hydrogen-bond acceptors (Lipinski definition) is 4. The second kappa shape index (κ2) is 7.20. The van der Waals surface area contributed by atoms with Crippen molar-refractivity contribution in [3.63, 3.8) is 0 Å². The summed E-state index contributed by atoms with van der Waals surface area (Å²) in [7, 11) is 0. The third kappa shape index (κ3) is 4.06. The molecule has 2 aromatic carbocycles. The van der Waals surface area contributed by atoms with Gasteiger partial charge in [-0.2, -0.15) is 0 Å². The number of nitrogens with zero attached hydrogens (tertiary/aromatic N) is 3. The van der Waals surface area contributed by atoms with Gasteiger partial charge >= 0.3 is 0 Å². The quantitative estimate of drug-likeness (QED) is 0.477. The molecule has 6 heteroatoms. The Morgan fingerprint density at radius 1 is 0.897 bits per heavy atom. The van der Waals surface area contributed by atoms with Gasteiger partial charge in [0.15, 0.2) is 5.82 Å². The lowest BCUT2D eigenvalue weighted by atomic mass is 10.0. The second-order valence-corrected chi connectivity index (χ2v) is 7.87. The van der Waals surface area contributed by atoms with E-state index < -0.39 is 11.6 Å². The van der Waals surface area contributed by atoms with Gasteiger partial charge in [-0.15, -0.1) is 0 Å². The zero-order valence-electron chi connectivity index (χ0n) is 16.4. The molecule has 0 aliphatic rings. The van der Waals surface area contributed by atoms with Crippen LogP contribution in [-0.4, -0.2) is 20.5 Å². The normalized spacial score (nSPS) is 11.6. The van der Waals surface area contributed by atoms with E-state index in [0.717, 1.165) is 23.1 Å². The minimum Gasteiger partial charge on any atom is -0.365 e. The molecule has 0 aliphatic carbocycles. The van der Waals surface area contributed by atoms with Gasteiger partial charge in [-0.25, -0.2) is 18.7 Å². The first-order chi connectivity index (χ1) is 13.8. The molecule has 0 fully saturated rings. The molecule has 0 atom stereocenters. The maximum Gasteiger partial charge on any atom is 0.163 e. The summed E-state index contributed by atoms with van der Waals surface area (Å²) in [4.78, 5) is 13.5. The minimum atomic E-state index is -0.488. The van der Waals surface area contributed by atoms with Gasteiger partial charge in [0.25, 0.3) is 0 Å². The Labute approximate surface area is 167 Å². The first kappa shape index (κ1) is 18.9. The predicted octanol–water partition coefficient (Wildman–Crippen LogP) is 5.85. The Morgan fingerprint density at radius 3 is 2.45 bits per heavy atom. The summed E-state index contributed by atoms with van der Waals surface area (Å²) >= 11 is 0. The van der Waals surface area contributed by atoms with Crippen molar-refractivity contribution in [1.29, 1.82) is 0 Å². The molecule has 2 aromatic heterocycles. The number of benzene rings is 2. The molecule has 0 spiro atoms. The average Bonchev–Trinajstić information content (AvgIpc) is 2.69. The summed E-state index contributed by atoms with van der Waals surface area (Å²) in [6.45, 7) is 6.09. The highest BCUT2D eigenvalue weighted by Crippen LogP contribution is 2.32. The molecule has 1 N–H and O–H groups in total. The lowest BCUT2D eigenvalue weighted by molar-refractivity contribution is 0.603. The summed E-state index contributed by atoms with van der Waals surface area (Å²) in [5, 5.41) is 4.13. The molecule has 0 aliphatic heterocycles. The van der Waals surface area contributed by atoms with E-state index in [1.54, 1.807) is 30.6 Å². The van der Waals surface area contributed by atoms with Crippen molar-refractivity contribution in [2.45, 2.75) is 26.3 Å². The van der Waals surface area contributed by atoms with Crippen LogP contribution in [0.1, 0.15) is 20.8 Å².